The Hall–Kier alpha value is -2.61. The van der Waals surface area contributed by atoms with Crippen LogP contribution in [0, 0.1) is 0 Å². The first-order valence-electron chi connectivity index (χ1n) is 6.08. The second-order valence-corrected chi connectivity index (χ2v) is 4.96. The van der Waals surface area contributed by atoms with Crippen LogP contribution in [-0.2, 0) is 0 Å². The van der Waals surface area contributed by atoms with Crippen LogP contribution in [0.3, 0.4) is 0 Å². The number of aromatic amines is 2. The number of hydrogen-bond acceptors (Lipinski definition) is 5. The van der Waals surface area contributed by atoms with E-state index in [1.165, 1.54) is 17.8 Å². The highest BCUT2D eigenvalue weighted by molar-refractivity contribution is 7.98. The van der Waals surface area contributed by atoms with E-state index in [4.69, 9.17) is 0 Å². The maximum Gasteiger partial charge on any atom is 0.326 e. The van der Waals surface area contributed by atoms with Gasteiger partial charge in [0.1, 0.15) is 0 Å². The van der Waals surface area contributed by atoms with Gasteiger partial charge < -0.3 is 4.98 Å². The second kappa shape index (κ2) is 5.41. The first kappa shape index (κ1) is 13.4. The lowest BCUT2D eigenvalue weighted by Gasteiger charge is -2.08. The topological polar surface area (TPSA) is 96.4 Å². The van der Waals surface area contributed by atoms with Crippen LogP contribution in [0.15, 0.2) is 51.1 Å². The molecule has 2 N–H and O–H groups in total. The number of rotatable bonds is 3. The summed E-state index contributed by atoms with van der Waals surface area (Å²) in [5.41, 5.74) is 0.108. The predicted molar refractivity (Wildman–Crippen MR) is 79.8 cm³/mol. The zero-order valence-electron chi connectivity index (χ0n) is 11.0. The van der Waals surface area contributed by atoms with Gasteiger partial charge in [-0.1, -0.05) is 30.0 Å². The van der Waals surface area contributed by atoms with Crippen molar-refractivity contribution in [1.82, 2.24) is 24.7 Å². The molecule has 0 bridgehead atoms. The normalized spacial score (nSPS) is 10.7. The molecule has 0 unspecified atom stereocenters. The molecule has 0 spiro atoms. The molecule has 0 aliphatic carbocycles. The van der Waals surface area contributed by atoms with Gasteiger partial charge in [-0.2, -0.15) is 0 Å². The lowest BCUT2D eigenvalue weighted by Crippen LogP contribution is -2.22. The van der Waals surface area contributed by atoms with Crippen LogP contribution < -0.4 is 11.2 Å². The van der Waals surface area contributed by atoms with Crippen molar-refractivity contribution in [3.05, 3.63) is 57.2 Å². The Bertz CT molecular complexity index is 853. The lowest BCUT2D eigenvalue weighted by atomic mass is 10.3. The molecular weight excluding hydrogens is 290 g/mol. The number of H-pyrrole nitrogens is 2. The van der Waals surface area contributed by atoms with E-state index in [-0.39, 0.29) is 0 Å². The highest BCUT2D eigenvalue weighted by Crippen LogP contribution is 2.24. The number of para-hydroxylation sites is 1. The summed E-state index contributed by atoms with van der Waals surface area (Å²) in [5.74, 6) is 0.411. The van der Waals surface area contributed by atoms with Gasteiger partial charge in [0.15, 0.2) is 11.0 Å². The van der Waals surface area contributed by atoms with Gasteiger partial charge >= 0.3 is 5.69 Å². The van der Waals surface area contributed by atoms with E-state index < -0.39 is 11.2 Å². The first-order valence-corrected chi connectivity index (χ1v) is 7.30. The Morgan fingerprint density at radius 3 is 2.52 bits per heavy atom. The number of hydrogen-bond donors (Lipinski definition) is 2. The molecule has 21 heavy (non-hydrogen) atoms. The molecule has 8 heteroatoms. The average molecular weight is 301 g/mol. The summed E-state index contributed by atoms with van der Waals surface area (Å²) in [5, 5.41) is 8.84. The van der Waals surface area contributed by atoms with E-state index in [0.29, 0.717) is 16.7 Å². The predicted octanol–water partition coefficient (Wildman–Crippen LogP) is 1.03. The van der Waals surface area contributed by atoms with Crippen LogP contribution in [0.2, 0.25) is 0 Å². The van der Waals surface area contributed by atoms with Gasteiger partial charge in [-0.3, -0.25) is 14.3 Å². The minimum absolute atomic E-state index is 0.320. The summed E-state index contributed by atoms with van der Waals surface area (Å²) in [4.78, 5) is 27.6. The lowest BCUT2D eigenvalue weighted by molar-refractivity contribution is 0.886. The summed E-state index contributed by atoms with van der Waals surface area (Å²) in [6, 6.07) is 10.8. The average Bonchev–Trinajstić information content (AvgIpc) is 2.91. The summed E-state index contributed by atoms with van der Waals surface area (Å²) in [6.45, 7) is 0. The Kier molecular flexibility index (Phi) is 3.44. The Morgan fingerprint density at radius 2 is 1.86 bits per heavy atom. The van der Waals surface area contributed by atoms with Crippen molar-refractivity contribution in [3.8, 4) is 17.2 Å². The fourth-order valence-corrected chi connectivity index (χ4v) is 2.47. The molecule has 0 saturated heterocycles. The molecule has 106 valence electrons. The van der Waals surface area contributed by atoms with Crippen molar-refractivity contribution >= 4 is 11.8 Å². The number of aromatic nitrogens is 5. The minimum atomic E-state index is -0.578. The van der Waals surface area contributed by atoms with Gasteiger partial charge in [-0.25, -0.2) is 4.79 Å². The van der Waals surface area contributed by atoms with E-state index in [2.05, 4.69) is 20.2 Å². The molecule has 3 aromatic rings. The molecule has 2 aromatic heterocycles. The zero-order chi connectivity index (χ0) is 14.8. The van der Waals surface area contributed by atoms with E-state index in [1.54, 1.807) is 4.57 Å². The van der Waals surface area contributed by atoms with Crippen LogP contribution >= 0.6 is 11.8 Å². The number of benzene rings is 1. The smallest absolute Gasteiger partial charge is 0.304 e. The SMILES string of the molecule is CSc1nnc(-c2cc(=O)[nH]c(=O)[nH]2)n1-c1ccccc1. The molecule has 2 heterocycles. The van der Waals surface area contributed by atoms with Crippen molar-refractivity contribution in [2.45, 2.75) is 5.16 Å². The summed E-state index contributed by atoms with van der Waals surface area (Å²) < 4.78 is 1.79. The summed E-state index contributed by atoms with van der Waals surface area (Å²) in [6.07, 6.45) is 1.88. The van der Waals surface area contributed by atoms with Crippen molar-refractivity contribution in [3.63, 3.8) is 0 Å². The molecule has 0 amide bonds. The maximum atomic E-state index is 11.5. The van der Waals surface area contributed by atoms with Crippen LogP contribution in [-0.4, -0.2) is 31.0 Å². The van der Waals surface area contributed by atoms with Gasteiger partial charge in [0, 0.05) is 11.8 Å². The Balaban J connectivity index is 2.27. The third-order valence-corrected chi connectivity index (χ3v) is 3.46. The van der Waals surface area contributed by atoms with Crippen LogP contribution in [0.5, 0.6) is 0 Å². The van der Waals surface area contributed by atoms with Gasteiger partial charge in [0.2, 0.25) is 0 Å². The third kappa shape index (κ3) is 2.52. The van der Waals surface area contributed by atoms with E-state index in [0.717, 1.165) is 5.69 Å². The standard InChI is InChI=1S/C13H11N5O2S/c1-21-13-17-16-11(9-7-10(19)15-12(20)14-9)18(13)8-5-3-2-4-6-8/h2-7H,1H3,(H2,14,15,19,20). The fraction of sp³-hybridized carbons (Fsp3) is 0.0769. The molecule has 0 atom stereocenters. The molecule has 0 radical (unpaired) electrons. The molecule has 3 rings (SSSR count). The van der Waals surface area contributed by atoms with Crippen LogP contribution in [0.4, 0.5) is 0 Å². The fourth-order valence-electron chi connectivity index (χ4n) is 1.98. The van der Waals surface area contributed by atoms with Crippen molar-refractivity contribution < 1.29 is 0 Å². The first-order chi connectivity index (χ1) is 10.2. The number of nitrogens with one attached hydrogen (secondary N) is 2. The van der Waals surface area contributed by atoms with Crippen molar-refractivity contribution in [1.29, 1.82) is 0 Å². The Labute approximate surface area is 123 Å². The molecular formula is C13H11N5O2S. The van der Waals surface area contributed by atoms with Crippen LogP contribution in [0.25, 0.3) is 17.2 Å². The quantitative estimate of drug-likeness (QED) is 0.704. The van der Waals surface area contributed by atoms with E-state index in [1.807, 2.05) is 36.6 Å². The van der Waals surface area contributed by atoms with Gasteiger partial charge in [0.05, 0.1) is 5.69 Å². The number of thioether (sulfide) groups is 1. The van der Waals surface area contributed by atoms with Crippen molar-refractivity contribution in [2.75, 3.05) is 6.26 Å². The highest BCUT2D eigenvalue weighted by atomic mass is 32.2. The van der Waals surface area contributed by atoms with E-state index in [9.17, 15) is 9.59 Å². The Morgan fingerprint density at radius 1 is 1.10 bits per heavy atom. The zero-order valence-corrected chi connectivity index (χ0v) is 11.8. The maximum absolute atomic E-state index is 11.5. The van der Waals surface area contributed by atoms with Gasteiger partial charge in [-0.05, 0) is 18.4 Å². The van der Waals surface area contributed by atoms with E-state index >= 15 is 0 Å². The van der Waals surface area contributed by atoms with Gasteiger partial charge in [0.25, 0.3) is 5.56 Å². The minimum Gasteiger partial charge on any atom is -0.304 e. The highest BCUT2D eigenvalue weighted by Gasteiger charge is 2.16. The molecule has 7 nitrogen and oxygen atoms in total. The third-order valence-electron chi connectivity index (χ3n) is 2.83. The van der Waals surface area contributed by atoms with Gasteiger partial charge in [-0.15, -0.1) is 10.2 Å². The monoisotopic (exact) mass is 301 g/mol. The molecule has 0 aliphatic rings. The summed E-state index contributed by atoms with van der Waals surface area (Å²) >= 11 is 1.43. The number of nitrogens with zero attached hydrogens (tertiary/aromatic N) is 3. The molecule has 1 aromatic carbocycles. The van der Waals surface area contributed by atoms with Crippen molar-refractivity contribution in [2.24, 2.45) is 0 Å². The molecule has 0 fully saturated rings. The largest absolute Gasteiger partial charge is 0.326 e. The molecule has 0 saturated carbocycles. The summed E-state index contributed by atoms with van der Waals surface area (Å²) in [7, 11) is 0. The second-order valence-electron chi connectivity index (χ2n) is 4.18. The van der Waals surface area contributed by atoms with Crippen LogP contribution in [0.1, 0.15) is 0 Å². The molecule has 0 aliphatic heterocycles.